The third-order valence-corrected chi connectivity index (χ3v) is 2.97. The van der Waals surface area contributed by atoms with Crippen molar-refractivity contribution in [2.75, 3.05) is 31.2 Å². The minimum Gasteiger partial charge on any atom is -0.394 e. The number of nitrogens with zero attached hydrogens (tertiary/aromatic N) is 4. The predicted octanol–water partition coefficient (Wildman–Crippen LogP) is 0.326. The van der Waals surface area contributed by atoms with Crippen LogP contribution in [0, 0.1) is 11.3 Å². The summed E-state index contributed by atoms with van der Waals surface area (Å²) < 4.78 is 5.50. The van der Waals surface area contributed by atoms with Crippen molar-refractivity contribution in [2.45, 2.75) is 18.9 Å². The second kappa shape index (κ2) is 6.28. The van der Waals surface area contributed by atoms with Gasteiger partial charge in [0.05, 0.1) is 19.3 Å². The van der Waals surface area contributed by atoms with Crippen molar-refractivity contribution < 1.29 is 9.84 Å². The van der Waals surface area contributed by atoms with Crippen LogP contribution in [0.5, 0.6) is 0 Å². The van der Waals surface area contributed by atoms with Gasteiger partial charge in [0.1, 0.15) is 6.07 Å². The molecule has 1 fully saturated rings. The molecule has 0 unspecified atom stereocenters. The summed E-state index contributed by atoms with van der Waals surface area (Å²) in [6, 6.07) is 2.06. The molecule has 6 heteroatoms. The number of aliphatic hydroxyl groups is 1. The molecular formula is C12H16N4O2. The zero-order valence-electron chi connectivity index (χ0n) is 10.1. The molecule has 18 heavy (non-hydrogen) atoms. The number of hydrogen-bond donors (Lipinski definition) is 1. The average molecular weight is 248 g/mol. The quantitative estimate of drug-likeness (QED) is 0.826. The molecule has 1 aliphatic rings. The molecule has 0 radical (unpaired) electrons. The highest BCUT2D eigenvalue weighted by Crippen LogP contribution is 2.21. The molecule has 1 aliphatic heterocycles. The number of rotatable bonds is 4. The van der Waals surface area contributed by atoms with Crippen LogP contribution >= 0.6 is 0 Å². The molecule has 0 amide bonds. The second-order valence-corrected chi connectivity index (χ2v) is 4.12. The topological polar surface area (TPSA) is 82.3 Å². The number of hydrogen-bond acceptors (Lipinski definition) is 6. The fourth-order valence-electron chi connectivity index (χ4n) is 2.09. The van der Waals surface area contributed by atoms with Crippen LogP contribution in [0.3, 0.4) is 0 Å². The molecule has 0 aromatic carbocycles. The monoisotopic (exact) mass is 248 g/mol. The van der Waals surface area contributed by atoms with E-state index in [1.807, 2.05) is 0 Å². The summed E-state index contributed by atoms with van der Waals surface area (Å²) in [4.78, 5) is 10.3. The van der Waals surface area contributed by atoms with Crippen LogP contribution in [-0.2, 0) is 4.74 Å². The molecule has 1 aromatic heterocycles. The number of piperidine rings is 1. The van der Waals surface area contributed by atoms with E-state index in [9.17, 15) is 0 Å². The molecular weight excluding hydrogens is 232 g/mol. The van der Waals surface area contributed by atoms with E-state index in [0.29, 0.717) is 18.1 Å². The van der Waals surface area contributed by atoms with Crippen LogP contribution in [-0.4, -0.2) is 47.5 Å². The summed E-state index contributed by atoms with van der Waals surface area (Å²) in [7, 11) is 0. The Balaban J connectivity index is 1.95. The summed E-state index contributed by atoms with van der Waals surface area (Å²) >= 11 is 0. The van der Waals surface area contributed by atoms with Crippen molar-refractivity contribution in [1.82, 2.24) is 9.97 Å². The normalized spacial score (nSPS) is 16.6. The van der Waals surface area contributed by atoms with Crippen molar-refractivity contribution >= 4 is 5.82 Å². The van der Waals surface area contributed by atoms with Gasteiger partial charge in [0.25, 0.3) is 0 Å². The lowest BCUT2D eigenvalue weighted by Crippen LogP contribution is -2.38. The minimum absolute atomic E-state index is 0.0585. The first-order valence-corrected chi connectivity index (χ1v) is 6.03. The van der Waals surface area contributed by atoms with E-state index < -0.39 is 0 Å². The summed E-state index contributed by atoms with van der Waals surface area (Å²) in [5.74, 6) is 0.653. The highest BCUT2D eigenvalue weighted by Gasteiger charge is 2.22. The maximum absolute atomic E-state index is 8.99. The smallest absolute Gasteiger partial charge is 0.183 e. The van der Waals surface area contributed by atoms with Gasteiger partial charge >= 0.3 is 0 Å². The fourth-order valence-corrected chi connectivity index (χ4v) is 2.09. The van der Waals surface area contributed by atoms with E-state index in [2.05, 4.69) is 20.9 Å². The number of aromatic nitrogens is 2. The van der Waals surface area contributed by atoms with Crippen LogP contribution in [0.25, 0.3) is 0 Å². The standard InChI is InChI=1S/C12H16N4O2/c13-9-11-12(15-4-3-14-11)16-5-1-10(2-6-16)18-8-7-17/h3-4,10,17H,1-2,5-8H2. The molecule has 1 aromatic rings. The van der Waals surface area contributed by atoms with Gasteiger partial charge in [-0.25, -0.2) is 9.97 Å². The lowest BCUT2D eigenvalue weighted by molar-refractivity contribution is 0.0158. The van der Waals surface area contributed by atoms with Gasteiger partial charge in [-0.1, -0.05) is 0 Å². The Morgan fingerprint density at radius 3 is 2.78 bits per heavy atom. The molecule has 6 nitrogen and oxygen atoms in total. The van der Waals surface area contributed by atoms with Crippen LogP contribution in [0.1, 0.15) is 18.5 Å². The predicted molar refractivity (Wildman–Crippen MR) is 65.0 cm³/mol. The first-order valence-electron chi connectivity index (χ1n) is 6.03. The van der Waals surface area contributed by atoms with Gasteiger partial charge in [-0.05, 0) is 12.8 Å². The zero-order chi connectivity index (χ0) is 12.8. The Morgan fingerprint density at radius 2 is 2.11 bits per heavy atom. The van der Waals surface area contributed by atoms with Crippen molar-refractivity contribution in [2.24, 2.45) is 0 Å². The van der Waals surface area contributed by atoms with E-state index in [1.165, 1.54) is 6.20 Å². The van der Waals surface area contributed by atoms with Crippen molar-refractivity contribution in [3.63, 3.8) is 0 Å². The number of nitriles is 1. The molecule has 0 saturated carbocycles. The Bertz CT molecular complexity index is 424. The fraction of sp³-hybridized carbons (Fsp3) is 0.583. The number of ether oxygens (including phenoxy) is 1. The highest BCUT2D eigenvalue weighted by molar-refractivity contribution is 5.49. The Hall–Kier alpha value is -1.71. The first-order chi connectivity index (χ1) is 8.85. The molecule has 0 bridgehead atoms. The average Bonchev–Trinajstić information content (AvgIpc) is 2.45. The van der Waals surface area contributed by atoms with Gasteiger partial charge in [0.2, 0.25) is 0 Å². The van der Waals surface area contributed by atoms with Crippen LogP contribution in [0.15, 0.2) is 12.4 Å². The van der Waals surface area contributed by atoms with Crippen molar-refractivity contribution in [1.29, 1.82) is 5.26 Å². The number of aliphatic hydroxyl groups excluding tert-OH is 1. The SMILES string of the molecule is N#Cc1nccnc1N1CCC(OCCO)CC1. The lowest BCUT2D eigenvalue weighted by atomic mass is 10.1. The van der Waals surface area contributed by atoms with E-state index in [4.69, 9.17) is 15.1 Å². The summed E-state index contributed by atoms with van der Waals surface area (Å²) in [5, 5.41) is 17.7. The van der Waals surface area contributed by atoms with Gasteiger partial charge in [-0.2, -0.15) is 5.26 Å². The molecule has 1 saturated heterocycles. The third kappa shape index (κ3) is 2.94. The summed E-state index contributed by atoms with van der Waals surface area (Å²) in [5.41, 5.74) is 0.368. The largest absolute Gasteiger partial charge is 0.394 e. The Labute approximate surface area is 106 Å². The van der Waals surface area contributed by atoms with E-state index in [-0.39, 0.29) is 12.7 Å². The van der Waals surface area contributed by atoms with Crippen molar-refractivity contribution in [3.05, 3.63) is 18.1 Å². The minimum atomic E-state index is 0.0585. The summed E-state index contributed by atoms with van der Waals surface area (Å²) in [6.07, 6.45) is 5.07. The first kappa shape index (κ1) is 12.7. The number of anilines is 1. The lowest BCUT2D eigenvalue weighted by Gasteiger charge is -2.32. The maximum Gasteiger partial charge on any atom is 0.183 e. The molecule has 1 N–H and O–H groups in total. The van der Waals surface area contributed by atoms with Gasteiger partial charge < -0.3 is 14.7 Å². The summed E-state index contributed by atoms with van der Waals surface area (Å²) in [6.45, 7) is 2.04. The Kier molecular flexibility index (Phi) is 4.45. The Morgan fingerprint density at radius 1 is 1.39 bits per heavy atom. The van der Waals surface area contributed by atoms with Crippen LogP contribution in [0.2, 0.25) is 0 Å². The van der Waals surface area contributed by atoms with Gasteiger partial charge in [-0.3, -0.25) is 0 Å². The van der Waals surface area contributed by atoms with Crippen molar-refractivity contribution in [3.8, 4) is 6.07 Å². The molecule has 2 heterocycles. The molecule has 96 valence electrons. The molecule has 0 spiro atoms. The van der Waals surface area contributed by atoms with Crippen LogP contribution in [0.4, 0.5) is 5.82 Å². The van der Waals surface area contributed by atoms with Crippen LogP contribution < -0.4 is 4.90 Å². The maximum atomic E-state index is 8.99. The van der Waals surface area contributed by atoms with E-state index in [1.54, 1.807) is 6.20 Å². The van der Waals surface area contributed by atoms with E-state index >= 15 is 0 Å². The van der Waals surface area contributed by atoms with Gasteiger partial charge in [0.15, 0.2) is 11.5 Å². The molecule has 0 atom stereocenters. The molecule has 0 aliphatic carbocycles. The second-order valence-electron chi connectivity index (χ2n) is 4.12. The van der Waals surface area contributed by atoms with E-state index in [0.717, 1.165) is 25.9 Å². The third-order valence-electron chi connectivity index (χ3n) is 2.97. The zero-order valence-corrected chi connectivity index (χ0v) is 10.1. The molecule has 2 rings (SSSR count). The van der Waals surface area contributed by atoms with Gasteiger partial charge in [0, 0.05) is 25.5 Å². The van der Waals surface area contributed by atoms with Gasteiger partial charge in [-0.15, -0.1) is 0 Å². The highest BCUT2D eigenvalue weighted by atomic mass is 16.5.